The molecule has 1 aromatic rings. The van der Waals surface area contributed by atoms with E-state index in [-0.39, 0.29) is 18.1 Å². The molecule has 5 rings (SSSR count). The minimum atomic E-state index is -0.313. The zero-order chi connectivity index (χ0) is 16.7. The number of anilines is 1. The average Bonchev–Trinajstić information content (AvgIpc) is 2.66. The molecule has 130 valence electrons. The van der Waals surface area contributed by atoms with Gasteiger partial charge in [0.05, 0.1) is 13.2 Å². The molecular weight excluding hydrogens is 300 g/mol. The summed E-state index contributed by atoms with van der Waals surface area (Å²) in [5, 5.41) is 14.7. The lowest BCUT2D eigenvalue weighted by molar-refractivity contribution is -0.0532. The second kappa shape index (κ2) is 6.41. The van der Waals surface area contributed by atoms with Gasteiger partial charge in [0, 0.05) is 30.7 Å². The van der Waals surface area contributed by atoms with Crippen LogP contribution in [0.4, 0.5) is 5.69 Å². The molecule has 4 heteroatoms. The topological polar surface area (TPSA) is 44.7 Å². The third-order valence-corrected chi connectivity index (χ3v) is 6.39. The standard InChI is InChI=1S/C20H28N2O2/c1-3-13-12-22-9-7-14(13)10-19(22)20(23)16-6-8-21-18-5-4-15(24-2)11-17(16)18/h3-5,11,13-14,16,19-21,23H,1,6-10,12H2,2H3/t13?,14?,16?,19?,20-/m1/s1. The van der Waals surface area contributed by atoms with Crippen LogP contribution >= 0.6 is 0 Å². The van der Waals surface area contributed by atoms with Crippen LogP contribution in [-0.4, -0.2) is 48.9 Å². The fourth-order valence-corrected chi connectivity index (χ4v) is 5.01. The fourth-order valence-electron chi connectivity index (χ4n) is 5.01. The summed E-state index contributed by atoms with van der Waals surface area (Å²) >= 11 is 0. The Morgan fingerprint density at radius 1 is 1.42 bits per heavy atom. The van der Waals surface area contributed by atoms with Crippen LogP contribution in [0.1, 0.15) is 30.7 Å². The molecule has 0 aliphatic carbocycles. The molecule has 2 N–H and O–H groups in total. The molecule has 4 aliphatic rings. The second-order valence-electron chi connectivity index (χ2n) is 7.51. The number of ether oxygens (including phenoxy) is 1. The second-order valence-corrected chi connectivity index (χ2v) is 7.51. The van der Waals surface area contributed by atoms with Crippen molar-refractivity contribution in [2.45, 2.75) is 37.3 Å². The molecule has 5 unspecified atom stereocenters. The molecule has 6 atom stereocenters. The molecule has 0 saturated carbocycles. The van der Waals surface area contributed by atoms with Gasteiger partial charge in [-0.2, -0.15) is 0 Å². The van der Waals surface area contributed by atoms with Gasteiger partial charge >= 0.3 is 0 Å². The lowest BCUT2D eigenvalue weighted by Gasteiger charge is -2.52. The minimum Gasteiger partial charge on any atom is -0.497 e. The summed E-state index contributed by atoms with van der Waals surface area (Å²) in [6.07, 6.45) is 5.12. The molecule has 1 aromatic carbocycles. The Kier molecular flexibility index (Phi) is 4.27. The van der Waals surface area contributed by atoms with Crippen LogP contribution in [-0.2, 0) is 0 Å². The molecule has 3 fully saturated rings. The van der Waals surface area contributed by atoms with Gasteiger partial charge in [-0.25, -0.2) is 0 Å². The van der Waals surface area contributed by atoms with Crippen LogP contribution in [0.25, 0.3) is 0 Å². The van der Waals surface area contributed by atoms with Gasteiger partial charge in [-0.05, 0) is 61.4 Å². The van der Waals surface area contributed by atoms with Gasteiger partial charge in [0.1, 0.15) is 5.75 Å². The van der Waals surface area contributed by atoms with E-state index >= 15 is 0 Å². The maximum atomic E-state index is 11.3. The molecule has 0 spiro atoms. The van der Waals surface area contributed by atoms with Crippen LogP contribution in [0.5, 0.6) is 5.75 Å². The molecule has 3 saturated heterocycles. The molecule has 0 radical (unpaired) electrons. The zero-order valence-corrected chi connectivity index (χ0v) is 14.4. The predicted molar refractivity (Wildman–Crippen MR) is 96.6 cm³/mol. The number of nitrogens with one attached hydrogen (secondary N) is 1. The van der Waals surface area contributed by atoms with E-state index in [9.17, 15) is 5.11 Å². The average molecular weight is 328 g/mol. The third kappa shape index (κ3) is 2.62. The Morgan fingerprint density at radius 3 is 3.00 bits per heavy atom. The van der Waals surface area contributed by atoms with Crippen molar-refractivity contribution in [3.8, 4) is 5.75 Å². The molecule has 0 aromatic heterocycles. The highest BCUT2D eigenvalue weighted by Crippen LogP contribution is 2.43. The summed E-state index contributed by atoms with van der Waals surface area (Å²) < 4.78 is 5.40. The van der Waals surface area contributed by atoms with Crippen molar-refractivity contribution in [2.75, 3.05) is 32.1 Å². The first-order valence-corrected chi connectivity index (χ1v) is 9.17. The van der Waals surface area contributed by atoms with Crippen LogP contribution in [0, 0.1) is 11.8 Å². The van der Waals surface area contributed by atoms with E-state index in [1.165, 1.54) is 12.0 Å². The largest absolute Gasteiger partial charge is 0.497 e. The van der Waals surface area contributed by atoms with E-state index in [0.717, 1.165) is 43.9 Å². The number of methoxy groups -OCH3 is 1. The number of piperidine rings is 3. The third-order valence-electron chi connectivity index (χ3n) is 6.39. The number of fused-ring (bicyclic) bond motifs is 4. The van der Waals surface area contributed by atoms with Gasteiger partial charge < -0.3 is 15.2 Å². The van der Waals surface area contributed by atoms with Crippen LogP contribution in [0.3, 0.4) is 0 Å². The molecule has 2 bridgehead atoms. The van der Waals surface area contributed by atoms with Crippen LogP contribution in [0.2, 0.25) is 0 Å². The highest BCUT2D eigenvalue weighted by atomic mass is 16.5. The first-order chi connectivity index (χ1) is 11.7. The Bertz CT molecular complexity index is 618. The molecule has 4 aliphatic heterocycles. The van der Waals surface area contributed by atoms with E-state index < -0.39 is 0 Å². The van der Waals surface area contributed by atoms with Crippen molar-refractivity contribution in [2.24, 2.45) is 11.8 Å². The number of benzene rings is 1. The fraction of sp³-hybridized carbons (Fsp3) is 0.600. The van der Waals surface area contributed by atoms with E-state index in [1.54, 1.807) is 7.11 Å². The summed E-state index contributed by atoms with van der Waals surface area (Å²) in [4.78, 5) is 2.50. The molecular formula is C20H28N2O2. The van der Waals surface area contributed by atoms with E-state index in [2.05, 4.69) is 35.0 Å². The first kappa shape index (κ1) is 16.0. The maximum absolute atomic E-state index is 11.3. The van der Waals surface area contributed by atoms with Crippen molar-refractivity contribution in [3.63, 3.8) is 0 Å². The number of rotatable bonds is 4. The highest BCUT2D eigenvalue weighted by Gasteiger charge is 2.44. The van der Waals surface area contributed by atoms with Crippen LogP contribution in [0.15, 0.2) is 30.9 Å². The normalized spacial score (nSPS) is 35.7. The highest BCUT2D eigenvalue weighted by molar-refractivity contribution is 5.58. The Morgan fingerprint density at radius 2 is 2.29 bits per heavy atom. The Labute approximate surface area is 144 Å². The van der Waals surface area contributed by atoms with E-state index in [1.807, 2.05) is 6.07 Å². The summed E-state index contributed by atoms with van der Waals surface area (Å²) in [6.45, 7) is 7.10. The van der Waals surface area contributed by atoms with Crippen LogP contribution < -0.4 is 10.1 Å². The lowest BCUT2D eigenvalue weighted by Crippen LogP contribution is -2.58. The van der Waals surface area contributed by atoms with Crippen molar-refractivity contribution in [1.82, 2.24) is 4.90 Å². The van der Waals surface area contributed by atoms with Crippen molar-refractivity contribution < 1.29 is 9.84 Å². The number of hydrogen-bond donors (Lipinski definition) is 2. The first-order valence-electron chi connectivity index (χ1n) is 9.17. The molecule has 4 heterocycles. The summed E-state index contributed by atoms with van der Waals surface area (Å²) in [7, 11) is 1.70. The number of nitrogens with zero attached hydrogens (tertiary/aromatic N) is 1. The van der Waals surface area contributed by atoms with Gasteiger partial charge in [0.15, 0.2) is 0 Å². The van der Waals surface area contributed by atoms with Gasteiger partial charge in [-0.1, -0.05) is 6.08 Å². The zero-order valence-electron chi connectivity index (χ0n) is 14.4. The number of aliphatic hydroxyl groups is 1. The quantitative estimate of drug-likeness (QED) is 0.834. The molecule has 24 heavy (non-hydrogen) atoms. The maximum Gasteiger partial charge on any atom is 0.119 e. The number of aliphatic hydroxyl groups excluding tert-OH is 1. The van der Waals surface area contributed by atoms with Crippen molar-refractivity contribution in [1.29, 1.82) is 0 Å². The van der Waals surface area contributed by atoms with Crippen molar-refractivity contribution >= 4 is 5.69 Å². The van der Waals surface area contributed by atoms with Gasteiger partial charge in [0.2, 0.25) is 0 Å². The van der Waals surface area contributed by atoms with E-state index in [0.29, 0.717) is 11.8 Å². The Hall–Kier alpha value is -1.52. The molecule has 4 nitrogen and oxygen atoms in total. The summed E-state index contributed by atoms with van der Waals surface area (Å²) in [5.41, 5.74) is 2.35. The van der Waals surface area contributed by atoms with Gasteiger partial charge in [-0.15, -0.1) is 6.58 Å². The lowest BCUT2D eigenvalue weighted by atomic mass is 9.71. The van der Waals surface area contributed by atoms with Gasteiger partial charge in [-0.3, -0.25) is 4.90 Å². The SMILES string of the molecule is C=CC1CN2CCC1CC2[C@H](O)C1CCNc2ccc(OC)cc21. The monoisotopic (exact) mass is 328 g/mol. The number of hydrogen-bond acceptors (Lipinski definition) is 4. The summed E-state index contributed by atoms with van der Waals surface area (Å²) in [6, 6.07) is 6.44. The smallest absolute Gasteiger partial charge is 0.119 e. The minimum absolute atomic E-state index is 0.183. The predicted octanol–water partition coefficient (Wildman–Crippen LogP) is 2.85. The summed E-state index contributed by atoms with van der Waals surface area (Å²) in [5.74, 6) is 2.34. The van der Waals surface area contributed by atoms with Crippen molar-refractivity contribution in [3.05, 3.63) is 36.4 Å². The molecule has 0 amide bonds. The van der Waals surface area contributed by atoms with E-state index in [4.69, 9.17) is 4.74 Å². The van der Waals surface area contributed by atoms with Gasteiger partial charge in [0.25, 0.3) is 0 Å². The Balaban J connectivity index is 1.58.